The average Bonchev–Trinajstić information content (AvgIpc) is 3.22. The summed E-state index contributed by atoms with van der Waals surface area (Å²) in [5.41, 5.74) is 1.46. The number of aromatic amines is 1. The Labute approximate surface area is 144 Å². The van der Waals surface area contributed by atoms with Crippen molar-refractivity contribution in [2.24, 2.45) is 0 Å². The second kappa shape index (κ2) is 6.05. The summed E-state index contributed by atoms with van der Waals surface area (Å²) in [7, 11) is 0. The molecule has 4 rings (SSSR count). The topological polar surface area (TPSA) is 55.7 Å². The third kappa shape index (κ3) is 2.98. The quantitative estimate of drug-likeness (QED) is 0.582. The number of H-pyrrole nitrogens is 1. The number of pyridine rings is 1. The van der Waals surface area contributed by atoms with Crippen molar-refractivity contribution >= 4 is 11.0 Å². The van der Waals surface area contributed by atoms with Gasteiger partial charge in [0.2, 0.25) is 5.88 Å². The van der Waals surface area contributed by atoms with Gasteiger partial charge in [-0.3, -0.25) is 0 Å². The lowest BCUT2D eigenvalue weighted by atomic mass is 10.0. The Morgan fingerprint density at radius 3 is 2.80 bits per heavy atom. The molecule has 6 heteroatoms. The third-order valence-corrected chi connectivity index (χ3v) is 4.01. The maximum atomic E-state index is 14.1. The zero-order chi connectivity index (χ0) is 17.4. The van der Waals surface area contributed by atoms with Gasteiger partial charge in [0.25, 0.3) is 0 Å². The molecule has 3 aromatic heterocycles. The van der Waals surface area contributed by atoms with Crippen LogP contribution < -0.4 is 4.74 Å². The molecule has 0 radical (unpaired) electrons. The van der Waals surface area contributed by atoms with Crippen LogP contribution in [0.2, 0.25) is 0 Å². The van der Waals surface area contributed by atoms with Crippen molar-refractivity contribution in [3.8, 4) is 17.4 Å². The maximum Gasteiger partial charge on any atom is 0.238 e. The fourth-order valence-corrected chi connectivity index (χ4v) is 2.70. The zero-order valence-electron chi connectivity index (χ0n) is 13.9. The molecule has 0 atom stereocenters. The highest BCUT2D eigenvalue weighted by Crippen LogP contribution is 2.26. The Morgan fingerprint density at radius 1 is 1.12 bits per heavy atom. The molecule has 126 valence electrons. The van der Waals surface area contributed by atoms with Gasteiger partial charge in [0.05, 0.1) is 0 Å². The first-order valence-corrected chi connectivity index (χ1v) is 8.07. The van der Waals surface area contributed by atoms with E-state index in [9.17, 15) is 4.39 Å². The fourth-order valence-electron chi connectivity index (χ4n) is 2.70. The molecule has 0 aliphatic heterocycles. The molecule has 0 fully saturated rings. The van der Waals surface area contributed by atoms with E-state index in [4.69, 9.17) is 4.74 Å². The number of nitrogens with one attached hydrogen (secondary N) is 1. The number of fused-ring (bicyclic) bond motifs is 1. The first-order valence-electron chi connectivity index (χ1n) is 8.07. The van der Waals surface area contributed by atoms with Gasteiger partial charge in [-0.1, -0.05) is 19.9 Å². The van der Waals surface area contributed by atoms with Gasteiger partial charge in [0, 0.05) is 29.9 Å². The van der Waals surface area contributed by atoms with E-state index in [2.05, 4.69) is 15.1 Å². The van der Waals surface area contributed by atoms with Crippen molar-refractivity contribution in [1.29, 1.82) is 0 Å². The molecular formula is C19H17FN4O. The first kappa shape index (κ1) is 15.4. The molecule has 0 bridgehead atoms. The van der Waals surface area contributed by atoms with Crippen molar-refractivity contribution in [2.75, 3.05) is 0 Å². The van der Waals surface area contributed by atoms with Crippen LogP contribution in [-0.4, -0.2) is 19.7 Å². The Hall–Kier alpha value is -3.15. The summed E-state index contributed by atoms with van der Waals surface area (Å²) in [6.45, 7) is 3.91. The highest BCUT2D eigenvalue weighted by molar-refractivity contribution is 5.76. The van der Waals surface area contributed by atoms with Gasteiger partial charge >= 0.3 is 0 Å². The molecule has 5 nitrogen and oxygen atoms in total. The smallest absolute Gasteiger partial charge is 0.238 e. The number of aromatic nitrogens is 4. The fraction of sp³-hybridized carbons (Fsp3) is 0.158. The lowest BCUT2D eigenvalue weighted by Crippen LogP contribution is -1.98. The Balaban J connectivity index is 1.58. The second-order valence-corrected chi connectivity index (χ2v) is 6.12. The maximum absolute atomic E-state index is 14.1. The van der Waals surface area contributed by atoms with E-state index in [1.165, 1.54) is 6.07 Å². The van der Waals surface area contributed by atoms with Gasteiger partial charge in [-0.2, -0.15) is 0 Å². The monoisotopic (exact) mass is 336 g/mol. The summed E-state index contributed by atoms with van der Waals surface area (Å²) >= 11 is 0. The predicted molar refractivity (Wildman–Crippen MR) is 93.8 cm³/mol. The van der Waals surface area contributed by atoms with Crippen LogP contribution in [0.25, 0.3) is 16.9 Å². The first-order chi connectivity index (χ1) is 12.1. The lowest BCUT2D eigenvalue weighted by Gasteiger charge is -2.08. The summed E-state index contributed by atoms with van der Waals surface area (Å²) in [6.07, 6.45) is 3.60. The number of benzene rings is 1. The summed E-state index contributed by atoms with van der Waals surface area (Å²) in [6, 6.07) is 12.4. The molecule has 1 aromatic carbocycles. The van der Waals surface area contributed by atoms with Gasteiger partial charge in [-0.05, 0) is 35.7 Å². The summed E-state index contributed by atoms with van der Waals surface area (Å²) < 4.78 is 21.4. The van der Waals surface area contributed by atoms with Crippen molar-refractivity contribution in [3.63, 3.8) is 0 Å². The SMILES string of the molecule is CC(C)c1ccc(Oc2ccn(-c3ccc4cc[nH]c4n3)n2)cc1F. The molecule has 3 heterocycles. The minimum Gasteiger partial charge on any atom is -0.437 e. The number of nitrogens with zero attached hydrogens (tertiary/aromatic N) is 3. The van der Waals surface area contributed by atoms with Crippen LogP contribution in [0.5, 0.6) is 11.6 Å². The minimum atomic E-state index is -0.272. The molecule has 1 N–H and O–H groups in total. The number of halogens is 1. The van der Waals surface area contributed by atoms with Crippen molar-refractivity contribution < 1.29 is 9.13 Å². The van der Waals surface area contributed by atoms with Gasteiger partial charge in [0.15, 0.2) is 5.82 Å². The molecule has 25 heavy (non-hydrogen) atoms. The van der Waals surface area contributed by atoms with E-state index in [0.29, 0.717) is 23.0 Å². The van der Waals surface area contributed by atoms with Crippen LogP contribution in [0.1, 0.15) is 25.3 Å². The van der Waals surface area contributed by atoms with Crippen molar-refractivity contribution in [1.82, 2.24) is 19.7 Å². The normalized spacial score (nSPS) is 11.4. The molecule has 0 spiro atoms. The Bertz CT molecular complexity index is 1030. The second-order valence-electron chi connectivity index (χ2n) is 6.12. The summed E-state index contributed by atoms with van der Waals surface area (Å²) in [5, 5.41) is 5.39. The van der Waals surface area contributed by atoms with Crippen LogP contribution >= 0.6 is 0 Å². The molecular weight excluding hydrogens is 319 g/mol. The van der Waals surface area contributed by atoms with Crippen LogP contribution in [0, 0.1) is 5.82 Å². The molecule has 0 unspecified atom stereocenters. The van der Waals surface area contributed by atoms with E-state index in [0.717, 1.165) is 11.0 Å². The van der Waals surface area contributed by atoms with Crippen molar-refractivity contribution in [3.05, 3.63) is 66.2 Å². The van der Waals surface area contributed by atoms with Gasteiger partial charge in [-0.15, -0.1) is 5.10 Å². The largest absolute Gasteiger partial charge is 0.437 e. The molecule has 0 aliphatic carbocycles. The molecule has 0 saturated heterocycles. The summed E-state index contributed by atoms with van der Waals surface area (Å²) in [5.74, 6) is 1.32. The third-order valence-electron chi connectivity index (χ3n) is 4.01. The lowest BCUT2D eigenvalue weighted by molar-refractivity contribution is 0.451. The number of hydrogen-bond acceptors (Lipinski definition) is 3. The highest BCUT2D eigenvalue weighted by atomic mass is 19.1. The predicted octanol–water partition coefficient (Wildman–Crippen LogP) is 4.80. The molecule has 0 saturated carbocycles. The van der Waals surface area contributed by atoms with Crippen LogP contribution in [0.3, 0.4) is 0 Å². The number of ether oxygens (including phenoxy) is 1. The van der Waals surface area contributed by atoms with E-state index in [-0.39, 0.29) is 11.7 Å². The Kier molecular flexibility index (Phi) is 3.72. The molecule has 0 aliphatic rings. The van der Waals surface area contributed by atoms with E-state index in [1.807, 2.05) is 38.2 Å². The van der Waals surface area contributed by atoms with Gasteiger partial charge in [0.1, 0.15) is 17.2 Å². The van der Waals surface area contributed by atoms with Crippen molar-refractivity contribution in [2.45, 2.75) is 19.8 Å². The highest BCUT2D eigenvalue weighted by Gasteiger charge is 2.10. The van der Waals surface area contributed by atoms with E-state index >= 15 is 0 Å². The number of hydrogen-bond donors (Lipinski definition) is 1. The standard InChI is InChI=1S/C19H17FN4O/c1-12(2)15-5-4-14(11-16(15)20)25-18-8-10-24(23-18)17-6-3-13-7-9-21-19(13)22-17/h3-12H,1-2H3,(H,21,22). The van der Waals surface area contributed by atoms with E-state index in [1.54, 1.807) is 29.1 Å². The Morgan fingerprint density at radius 2 is 2.00 bits per heavy atom. The molecule has 4 aromatic rings. The summed E-state index contributed by atoms with van der Waals surface area (Å²) in [4.78, 5) is 7.57. The van der Waals surface area contributed by atoms with Crippen LogP contribution in [0.4, 0.5) is 4.39 Å². The number of rotatable bonds is 4. The zero-order valence-corrected chi connectivity index (χ0v) is 13.9. The minimum absolute atomic E-state index is 0.127. The van der Waals surface area contributed by atoms with Crippen LogP contribution in [-0.2, 0) is 0 Å². The van der Waals surface area contributed by atoms with Gasteiger partial charge < -0.3 is 9.72 Å². The average molecular weight is 336 g/mol. The molecule has 0 amide bonds. The van der Waals surface area contributed by atoms with Crippen LogP contribution in [0.15, 0.2) is 54.9 Å². The van der Waals surface area contributed by atoms with E-state index < -0.39 is 0 Å². The van der Waals surface area contributed by atoms with Gasteiger partial charge in [-0.25, -0.2) is 14.1 Å².